The number of benzene rings is 1. The molecule has 0 aliphatic carbocycles. The summed E-state index contributed by atoms with van der Waals surface area (Å²) in [6, 6.07) is 5.11. The Morgan fingerprint density at radius 3 is 2.25 bits per heavy atom. The van der Waals surface area contributed by atoms with E-state index in [1.54, 1.807) is 21.3 Å². The van der Waals surface area contributed by atoms with E-state index in [2.05, 4.69) is 64.2 Å². The minimum absolute atomic E-state index is 0. The van der Waals surface area contributed by atoms with Crippen LogP contribution < -0.4 is 20.1 Å². The summed E-state index contributed by atoms with van der Waals surface area (Å²) in [7, 11) is 5.06. The average molecular weight is 571 g/mol. The van der Waals surface area contributed by atoms with Gasteiger partial charge in [-0.05, 0) is 67.7 Å². The molecule has 0 aromatic heterocycles. The highest BCUT2D eigenvalue weighted by atomic mass is 127. The van der Waals surface area contributed by atoms with Crippen LogP contribution in [-0.4, -0.2) is 57.3 Å². The van der Waals surface area contributed by atoms with Crippen molar-refractivity contribution in [2.24, 2.45) is 4.99 Å². The van der Waals surface area contributed by atoms with Crippen LogP contribution >= 0.6 is 39.9 Å². The second-order valence-electron chi connectivity index (χ2n) is 6.94. The second-order valence-corrected chi connectivity index (χ2v) is 7.80. The van der Waals surface area contributed by atoms with Crippen LogP contribution in [-0.2, 0) is 6.54 Å². The number of hydrogen-bond donors (Lipinski definition) is 2. The van der Waals surface area contributed by atoms with Crippen LogP contribution in [0, 0.1) is 0 Å². The molecule has 2 N–H and O–H groups in total. The zero-order valence-corrected chi connectivity index (χ0v) is 22.1. The molecule has 0 unspecified atom stereocenters. The summed E-state index contributed by atoms with van der Waals surface area (Å²) in [5.74, 6) is 2.19. The van der Waals surface area contributed by atoms with Gasteiger partial charge in [-0.3, -0.25) is 9.89 Å². The zero-order valence-electron chi connectivity index (χ0n) is 18.1. The fourth-order valence-corrected chi connectivity index (χ4v) is 3.71. The Labute approximate surface area is 196 Å². The van der Waals surface area contributed by atoms with E-state index < -0.39 is 0 Å². The SMILES string of the molecule is CN=C(NCCCN(C(C)C)C(C)C)NCc1cc(Br)c(OC)c(OC)c1.I. The van der Waals surface area contributed by atoms with Crippen molar-refractivity contribution >= 4 is 45.9 Å². The van der Waals surface area contributed by atoms with Gasteiger partial charge in [-0.15, -0.1) is 24.0 Å². The first-order valence-electron chi connectivity index (χ1n) is 9.44. The van der Waals surface area contributed by atoms with Crippen molar-refractivity contribution < 1.29 is 9.47 Å². The molecule has 0 spiro atoms. The van der Waals surface area contributed by atoms with Crippen LogP contribution in [0.2, 0.25) is 0 Å². The van der Waals surface area contributed by atoms with E-state index in [4.69, 9.17) is 9.47 Å². The van der Waals surface area contributed by atoms with Gasteiger partial charge in [-0.25, -0.2) is 0 Å². The van der Waals surface area contributed by atoms with Crippen molar-refractivity contribution in [2.75, 3.05) is 34.4 Å². The molecule has 0 saturated heterocycles. The second kappa shape index (κ2) is 14.3. The fraction of sp³-hybridized carbons (Fsp3) is 0.650. The maximum absolute atomic E-state index is 5.40. The first-order chi connectivity index (χ1) is 12.8. The molecule has 1 rings (SSSR count). The molecule has 0 aliphatic rings. The van der Waals surface area contributed by atoms with E-state index in [1.807, 2.05) is 12.1 Å². The smallest absolute Gasteiger partial charge is 0.191 e. The summed E-state index contributed by atoms with van der Waals surface area (Å²) in [6.07, 6.45) is 1.07. The Morgan fingerprint density at radius 1 is 1.11 bits per heavy atom. The molecular weight excluding hydrogens is 535 g/mol. The number of methoxy groups -OCH3 is 2. The van der Waals surface area contributed by atoms with Gasteiger partial charge in [0.1, 0.15) is 0 Å². The summed E-state index contributed by atoms with van der Waals surface area (Å²) >= 11 is 3.53. The third kappa shape index (κ3) is 8.73. The molecule has 1 aromatic rings. The molecule has 6 nitrogen and oxygen atoms in total. The lowest BCUT2D eigenvalue weighted by atomic mass is 10.2. The zero-order chi connectivity index (χ0) is 20.4. The molecule has 1 aromatic carbocycles. The number of hydrogen-bond acceptors (Lipinski definition) is 4. The summed E-state index contributed by atoms with van der Waals surface area (Å²) in [4.78, 5) is 6.80. The Bertz CT molecular complexity index is 604. The van der Waals surface area contributed by atoms with E-state index in [0.717, 1.165) is 35.5 Å². The van der Waals surface area contributed by atoms with Crippen LogP contribution in [0.3, 0.4) is 0 Å². The summed E-state index contributed by atoms with van der Waals surface area (Å²) in [5, 5.41) is 6.73. The van der Waals surface area contributed by atoms with Crippen LogP contribution in [0.4, 0.5) is 0 Å². The largest absolute Gasteiger partial charge is 0.493 e. The lowest BCUT2D eigenvalue weighted by Gasteiger charge is -2.30. The third-order valence-electron chi connectivity index (χ3n) is 4.39. The maximum Gasteiger partial charge on any atom is 0.191 e. The van der Waals surface area contributed by atoms with Gasteiger partial charge in [0.15, 0.2) is 17.5 Å². The maximum atomic E-state index is 5.40. The predicted molar refractivity (Wildman–Crippen MR) is 132 cm³/mol. The number of rotatable bonds is 10. The molecule has 28 heavy (non-hydrogen) atoms. The van der Waals surface area contributed by atoms with Crippen LogP contribution in [0.15, 0.2) is 21.6 Å². The quantitative estimate of drug-likeness (QED) is 0.190. The Kier molecular flexibility index (Phi) is 13.9. The number of guanidine groups is 1. The first-order valence-corrected chi connectivity index (χ1v) is 10.2. The third-order valence-corrected chi connectivity index (χ3v) is 4.98. The number of ether oxygens (including phenoxy) is 2. The van der Waals surface area contributed by atoms with E-state index >= 15 is 0 Å². The van der Waals surface area contributed by atoms with Crippen molar-refractivity contribution in [1.82, 2.24) is 15.5 Å². The van der Waals surface area contributed by atoms with Gasteiger partial charge in [0.05, 0.1) is 18.7 Å². The molecule has 162 valence electrons. The highest BCUT2D eigenvalue weighted by Crippen LogP contribution is 2.36. The van der Waals surface area contributed by atoms with Crippen molar-refractivity contribution in [3.05, 3.63) is 22.2 Å². The van der Waals surface area contributed by atoms with Gasteiger partial charge in [-0.2, -0.15) is 0 Å². The normalized spacial score (nSPS) is 11.6. The molecule has 0 atom stereocenters. The lowest BCUT2D eigenvalue weighted by molar-refractivity contribution is 0.173. The number of nitrogens with zero attached hydrogens (tertiary/aromatic N) is 2. The van der Waals surface area contributed by atoms with Crippen LogP contribution in [0.5, 0.6) is 11.5 Å². The van der Waals surface area contributed by atoms with Crippen molar-refractivity contribution in [2.45, 2.75) is 52.7 Å². The van der Waals surface area contributed by atoms with Gasteiger partial charge >= 0.3 is 0 Å². The Balaban J connectivity index is 0.00000729. The highest BCUT2D eigenvalue weighted by molar-refractivity contribution is 14.0. The molecule has 0 amide bonds. The van der Waals surface area contributed by atoms with Gasteiger partial charge in [0, 0.05) is 38.8 Å². The Morgan fingerprint density at radius 2 is 1.75 bits per heavy atom. The van der Waals surface area contributed by atoms with Crippen LogP contribution in [0.25, 0.3) is 0 Å². The van der Waals surface area contributed by atoms with Gasteiger partial charge < -0.3 is 20.1 Å². The van der Waals surface area contributed by atoms with E-state index in [1.165, 1.54) is 0 Å². The van der Waals surface area contributed by atoms with Crippen molar-refractivity contribution in [3.63, 3.8) is 0 Å². The van der Waals surface area contributed by atoms with E-state index in [9.17, 15) is 0 Å². The standard InChI is InChI=1S/C20H35BrN4O2.HI/c1-14(2)25(15(3)4)10-8-9-23-20(22-5)24-13-16-11-17(21)19(27-7)18(12-16)26-6;/h11-12,14-15H,8-10,13H2,1-7H3,(H2,22,23,24);1H. The number of halogens is 2. The summed E-state index contributed by atoms with van der Waals surface area (Å²) in [5.41, 5.74) is 1.08. The lowest BCUT2D eigenvalue weighted by Crippen LogP contribution is -2.41. The topological polar surface area (TPSA) is 58.1 Å². The summed E-state index contributed by atoms with van der Waals surface area (Å²) in [6.45, 7) is 11.6. The minimum Gasteiger partial charge on any atom is -0.493 e. The molecule has 0 bridgehead atoms. The molecule has 0 heterocycles. The Hall–Kier alpha value is -0.740. The van der Waals surface area contributed by atoms with Crippen molar-refractivity contribution in [3.8, 4) is 11.5 Å². The van der Waals surface area contributed by atoms with E-state index in [0.29, 0.717) is 30.1 Å². The first kappa shape index (κ1) is 27.3. The molecular formula is C20H36BrIN4O2. The molecule has 0 saturated carbocycles. The van der Waals surface area contributed by atoms with Gasteiger partial charge in [-0.1, -0.05) is 0 Å². The van der Waals surface area contributed by atoms with Crippen molar-refractivity contribution in [1.29, 1.82) is 0 Å². The van der Waals surface area contributed by atoms with Gasteiger partial charge in [0.25, 0.3) is 0 Å². The highest BCUT2D eigenvalue weighted by Gasteiger charge is 2.13. The van der Waals surface area contributed by atoms with Gasteiger partial charge in [0.2, 0.25) is 0 Å². The summed E-state index contributed by atoms with van der Waals surface area (Å²) < 4.78 is 11.6. The number of aliphatic imine (C=N–C) groups is 1. The van der Waals surface area contributed by atoms with Crippen LogP contribution in [0.1, 0.15) is 39.7 Å². The average Bonchev–Trinajstić information content (AvgIpc) is 2.62. The monoisotopic (exact) mass is 570 g/mol. The molecule has 8 heteroatoms. The molecule has 0 aliphatic heterocycles. The fourth-order valence-electron chi connectivity index (χ4n) is 3.06. The number of nitrogens with one attached hydrogen (secondary N) is 2. The predicted octanol–water partition coefficient (Wildman–Crippen LogP) is 4.26. The molecule has 0 radical (unpaired) electrons. The molecule has 0 fully saturated rings. The minimum atomic E-state index is 0. The van der Waals surface area contributed by atoms with E-state index in [-0.39, 0.29) is 24.0 Å².